The van der Waals surface area contributed by atoms with Crippen LogP contribution in [-0.2, 0) is 0 Å². The minimum absolute atomic E-state index is 0.180. The van der Waals surface area contributed by atoms with Crippen molar-refractivity contribution in [3.05, 3.63) is 23.3 Å². The van der Waals surface area contributed by atoms with Gasteiger partial charge in [-0.05, 0) is 80.0 Å². The minimum Gasteiger partial charge on any atom is -0.393 e. The van der Waals surface area contributed by atoms with E-state index in [4.69, 9.17) is 0 Å². The van der Waals surface area contributed by atoms with E-state index in [0.29, 0.717) is 41.9 Å². The van der Waals surface area contributed by atoms with Crippen LogP contribution in [0.4, 0.5) is 0 Å². The van der Waals surface area contributed by atoms with Crippen molar-refractivity contribution in [3.8, 4) is 0 Å². The van der Waals surface area contributed by atoms with Crippen LogP contribution in [0, 0.1) is 40.4 Å². The molecule has 0 saturated heterocycles. The molecule has 0 heterocycles. The van der Waals surface area contributed by atoms with Crippen LogP contribution in [0.25, 0.3) is 0 Å². The monoisotopic (exact) mass is 416 g/mol. The molecule has 3 saturated carbocycles. The van der Waals surface area contributed by atoms with Gasteiger partial charge in [0.1, 0.15) is 0 Å². The Kier molecular flexibility index (Phi) is 6.05. The van der Waals surface area contributed by atoms with Gasteiger partial charge < -0.3 is 15.3 Å². The van der Waals surface area contributed by atoms with E-state index in [9.17, 15) is 15.3 Å². The molecule has 30 heavy (non-hydrogen) atoms. The lowest BCUT2D eigenvalue weighted by Crippen LogP contribution is -2.52. The second-order valence-electron chi connectivity index (χ2n) is 12.0. The van der Waals surface area contributed by atoms with Gasteiger partial charge in [0.05, 0.1) is 18.3 Å². The molecule has 0 aromatic rings. The summed E-state index contributed by atoms with van der Waals surface area (Å²) in [7, 11) is 0. The number of hydrogen-bond acceptors (Lipinski definition) is 3. The lowest BCUT2D eigenvalue weighted by atomic mass is 9.49. The van der Waals surface area contributed by atoms with E-state index in [2.05, 4.69) is 46.8 Å². The lowest BCUT2D eigenvalue weighted by Gasteiger charge is -2.56. The highest BCUT2D eigenvalue weighted by atomic mass is 16.3. The summed E-state index contributed by atoms with van der Waals surface area (Å²) in [5, 5.41) is 31.5. The smallest absolute Gasteiger partial charge is 0.0661 e. The van der Waals surface area contributed by atoms with E-state index in [1.807, 2.05) is 0 Å². The fraction of sp³-hybridized carbons (Fsp3) is 0.852. The summed E-state index contributed by atoms with van der Waals surface area (Å²) in [4.78, 5) is 0. The molecule has 0 spiro atoms. The molecule has 0 radical (unpaired) electrons. The van der Waals surface area contributed by atoms with Crippen molar-refractivity contribution in [1.82, 2.24) is 0 Å². The Labute approximate surface area is 183 Å². The Balaban J connectivity index is 1.55. The number of fused-ring (bicyclic) bond motifs is 5. The van der Waals surface area contributed by atoms with Gasteiger partial charge >= 0.3 is 0 Å². The summed E-state index contributed by atoms with van der Waals surface area (Å²) in [6.45, 7) is 11.4. The summed E-state index contributed by atoms with van der Waals surface area (Å²) in [6, 6.07) is 0. The third-order valence-corrected chi connectivity index (χ3v) is 10.1. The van der Waals surface area contributed by atoms with Gasteiger partial charge in [-0.25, -0.2) is 0 Å². The summed E-state index contributed by atoms with van der Waals surface area (Å²) in [5.41, 5.74) is 2.99. The van der Waals surface area contributed by atoms with Gasteiger partial charge in [0.25, 0.3) is 0 Å². The first kappa shape index (κ1) is 22.6. The van der Waals surface area contributed by atoms with E-state index < -0.39 is 12.2 Å². The zero-order valence-corrected chi connectivity index (χ0v) is 19.8. The van der Waals surface area contributed by atoms with E-state index in [1.54, 1.807) is 5.57 Å². The standard InChI is InChI=1S/C27H44O3/c1-16(2)24(29)11-6-17(3)21-9-10-22-20-8-7-18-14-19(28)15-25(30)27(18,5)23(20)12-13-26(21,22)4/h7-8,16-17,19,21-25,28-30H,6,9-15H2,1-5H3/t17-,19?,21-,22+,23+,24?,25?,26-,27+/m1/s1. The highest BCUT2D eigenvalue weighted by molar-refractivity contribution is 5.40. The van der Waals surface area contributed by atoms with Gasteiger partial charge in [-0.1, -0.05) is 57.9 Å². The summed E-state index contributed by atoms with van der Waals surface area (Å²) in [6.07, 6.45) is 11.8. The SMILES string of the molecule is CC(C)C(O)CC[C@@H](C)[C@H]1CC[C@H]2C3=CC=C4CC(O)CC(O)[C@]4(C)[C@H]3CC[C@]12C. The molecular formula is C27H44O3. The molecule has 4 rings (SSSR count). The molecule has 3 fully saturated rings. The van der Waals surface area contributed by atoms with Gasteiger partial charge in [0.15, 0.2) is 0 Å². The van der Waals surface area contributed by atoms with Crippen molar-refractivity contribution in [2.45, 2.75) is 104 Å². The Hall–Kier alpha value is -0.640. The molecule has 0 aliphatic heterocycles. The first-order valence-electron chi connectivity index (χ1n) is 12.5. The molecule has 9 atom stereocenters. The van der Waals surface area contributed by atoms with E-state index in [1.165, 1.54) is 24.8 Å². The third kappa shape index (κ3) is 3.44. The quantitative estimate of drug-likeness (QED) is 0.573. The van der Waals surface area contributed by atoms with Gasteiger partial charge in [-0.15, -0.1) is 0 Å². The highest BCUT2D eigenvalue weighted by Crippen LogP contribution is 2.66. The van der Waals surface area contributed by atoms with Gasteiger partial charge in [-0.3, -0.25) is 0 Å². The fourth-order valence-electron chi connectivity index (χ4n) is 7.99. The maximum Gasteiger partial charge on any atom is 0.0661 e. The molecule has 0 aromatic carbocycles. The lowest BCUT2D eigenvalue weighted by molar-refractivity contribution is -0.0546. The average Bonchev–Trinajstić information content (AvgIpc) is 3.04. The normalized spacial score (nSPS) is 45.2. The minimum atomic E-state index is -0.445. The van der Waals surface area contributed by atoms with Crippen LogP contribution in [0.5, 0.6) is 0 Å². The van der Waals surface area contributed by atoms with E-state index in [-0.39, 0.29) is 11.5 Å². The van der Waals surface area contributed by atoms with Crippen LogP contribution in [0.2, 0.25) is 0 Å². The summed E-state index contributed by atoms with van der Waals surface area (Å²) < 4.78 is 0. The van der Waals surface area contributed by atoms with Crippen LogP contribution < -0.4 is 0 Å². The average molecular weight is 417 g/mol. The zero-order chi connectivity index (χ0) is 21.8. The van der Waals surface area contributed by atoms with Crippen LogP contribution in [-0.4, -0.2) is 33.6 Å². The number of aliphatic hydroxyl groups excluding tert-OH is 3. The predicted molar refractivity (Wildman–Crippen MR) is 122 cm³/mol. The fourth-order valence-corrected chi connectivity index (χ4v) is 7.99. The van der Waals surface area contributed by atoms with Crippen LogP contribution in [0.15, 0.2) is 23.3 Å². The molecule has 3 heteroatoms. The third-order valence-electron chi connectivity index (χ3n) is 10.1. The molecule has 3 unspecified atom stereocenters. The molecule has 4 aliphatic carbocycles. The molecule has 0 bridgehead atoms. The van der Waals surface area contributed by atoms with Gasteiger partial charge in [-0.2, -0.15) is 0 Å². The second kappa shape index (κ2) is 8.05. The first-order valence-corrected chi connectivity index (χ1v) is 12.5. The Morgan fingerprint density at radius 2 is 1.73 bits per heavy atom. The van der Waals surface area contributed by atoms with Crippen LogP contribution >= 0.6 is 0 Å². The number of hydrogen-bond donors (Lipinski definition) is 3. The van der Waals surface area contributed by atoms with Crippen molar-refractivity contribution in [2.24, 2.45) is 40.4 Å². The van der Waals surface area contributed by atoms with Crippen molar-refractivity contribution < 1.29 is 15.3 Å². The number of allylic oxidation sites excluding steroid dienone is 3. The van der Waals surface area contributed by atoms with Crippen LogP contribution in [0.1, 0.15) is 86.0 Å². The van der Waals surface area contributed by atoms with Gasteiger partial charge in [0.2, 0.25) is 0 Å². The first-order chi connectivity index (χ1) is 14.1. The Morgan fingerprint density at radius 3 is 2.43 bits per heavy atom. The molecule has 3 N–H and O–H groups in total. The van der Waals surface area contributed by atoms with Crippen molar-refractivity contribution in [1.29, 1.82) is 0 Å². The molecular weight excluding hydrogens is 372 g/mol. The summed E-state index contributed by atoms with van der Waals surface area (Å²) in [5.74, 6) is 2.75. The Bertz CT molecular complexity index is 709. The van der Waals surface area contributed by atoms with Crippen LogP contribution in [0.3, 0.4) is 0 Å². The molecule has 0 amide bonds. The van der Waals surface area contributed by atoms with E-state index >= 15 is 0 Å². The molecule has 170 valence electrons. The largest absolute Gasteiger partial charge is 0.393 e. The van der Waals surface area contributed by atoms with Gasteiger partial charge in [0, 0.05) is 11.8 Å². The maximum absolute atomic E-state index is 11.0. The Morgan fingerprint density at radius 1 is 1.00 bits per heavy atom. The molecule has 3 nitrogen and oxygen atoms in total. The zero-order valence-electron chi connectivity index (χ0n) is 19.8. The highest BCUT2D eigenvalue weighted by Gasteiger charge is 2.58. The second-order valence-corrected chi connectivity index (χ2v) is 12.0. The van der Waals surface area contributed by atoms with Crippen molar-refractivity contribution >= 4 is 0 Å². The topological polar surface area (TPSA) is 60.7 Å². The van der Waals surface area contributed by atoms with E-state index in [0.717, 1.165) is 25.2 Å². The van der Waals surface area contributed by atoms with Crippen molar-refractivity contribution in [2.75, 3.05) is 0 Å². The molecule has 0 aromatic heterocycles. The predicted octanol–water partition coefficient (Wildman–Crippen LogP) is 5.25. The number of rotatable bonds is 5. The summed E-state index contributed by atoms with van der Waals surface area (Å²) >= 11 is 0. The van der Waals surface area contributed by atoms with Crippen molar-refractivity contribution in [3.63, 3.8) is 0 Å². The number of aliphatic hydroxyl groups is 3. The maximum atomic E-state index is 11.0. The molecule has 4 aliphatic rings.